The average Bonchev–Trinajstić information content (AvgIpc) is 2.92. The van der Waals surface area contributed by atoms with Crippen molar-refractivity contribution in [3.05, 3.63) is 83.3 Å². The Morgan fingerprint density at radius 1 is 0.950 bits per heavy atom. The number of nitrogens with one attached hydrogen (secondary N) is 4. The zero-order valence-corrected chi connectivity index (χ0v) is 25.2. The summed E-state index contributed by atoms with van der Waals surface area (Å²) in [6.07, 6.45) is 6.56. The lowest BCUT2D eigenvalue weighted by atomic mass is 9.97. The van der Waals surface area contributed by atoms with E-state index in [9.17, 15) is 14.0 Å². The number of carbonyl (C=O) groups excluding carboxylic acids is 2. The van der Waals surface area contributed by atoms with Gasteiger partial charge in [0, 0.05) is 24.8 Å². The molecule has 1 aliphatic heterocycles. The number of carbonyl (C=O) groups is 2. The molecule has 7 heteroatoms. The molecule has 0 aliphatic carbocycles. The highest BCUT2D eigenvalue weighted by Crippen LogP contribution is 2.14. The highest BCUT2D eigenvalue weighted by Gasteiger charge is 2.19. The van der Waals surface area contributed by atoms with E-state index in [1.807, 2.05) is 19.9 Å². The minimum absolute atomic E-state index is 0.107. The number of aryl methyl sites for hydroxylation is 3. The first-order chi connectivity index (χ1) is 19.2. The summed E-state index contributed by atoms with van der Waals surface area (Å²) in [4.78, 5) is 24.8. The van der Waals surface area contributed by atoms with Crippen LogP contribution in [0.5, 0.6) is 0 Å². The molecule has 1 unspecified atom stereocenters. The Bertz CT molecular complexity index is 1010. The van der Waals surface area contributed by atoms with Crippen LogP contribution >= 0.6 is 0 Å². The normalized spacial score (nSPS) is 19.0. The second-order valence-electron chi connectivity index (χ2n) is 10.4. The maximum absolute atomic E-state index is 12.5. The molecule has 0 bridgehead atoms. The van der Waals surface area contributed by atoms with Crippen LogP contribution in [-0.2, 0) is 22.4 Å². The maximum Gasteiger partial charge on any atom is 0.242 e. The molecule has 0 aromatic heterocycles. The van der Waals surface area contributed by atoms with Crippen molar-refractivity contribution < 1.29 is 14.0 Å². The first kappa shape index (κ1) is 34.8. The monoisotopic (exact) mass is 554 g/mol. The fraction of sp³-hybridized carbons (Fsp3) is 0.515. The summed E-state index contributed by atoms with van der Waals surface area (Å²) in [5.74, 6) is -0.461. The van der Waals surface area contributed by atoms with Crippen molar-refractivity contribution in [1.29, 1.82) is 0 Å². The molecule has 0 saturated carbocycles. The van der Waals surface area contributed by atoms with Crippen LogP contribution in [0.4, 0.5) is 4.39 Å². The molecule has 2 atom stereocenters. The van der Waals surface area contributed by atoms with E-state index in [2.05, 4.69) is 72.9 Å². The third-order valence-electron chi connectivity index (χ3n) is 6.26. The van der Waals surface area contributed by atoms with Crippen molar-refractivity contribution in [2.45, 2.75) is 91.6 Å². The third kappa shape index (κ3) is 15.4. The molecule has 40 heavy (non-hydrogen) atoms. The molecule has 1 heterocycles. The van der Waals surface area contributed by atoms with Crippen LogP contribution in [0.25, 0.3) is 0 Å². The third-order valence-corrected chi connectivity index (χ3v) is 6.26. The van der Waals surface area contributed by atoms with Crippen molar-refractivity contribution in [3.63, 3.8) is 0 Å². The molecule has 222 valence electrons. The SMILES string of the molecule is C=C1CN[C@@H](C)CCc2ccccc2CCCNC(=O)C(CCC)NC(=O)CN1.CCC.Cc1cccc(F)c1. The van der Waals surface area contributed by atoms with Crippen molar-refractivity contribution >= 4 is 11.8 Å². The minimum Gasteiger partial charge on any atom is -0.379 e. The van der Waals surface area contributed by atoms with E-state index in [1.54, 1.807) is 6.07 Å². The van der Waals surface area contributed by atoms with Crippen LogP contribution in [0.3, 0.4) is 0 Å². The number of halogens is 1. The molecule has 0 fully saturated rings. The Balaban J connectivity index is 0.000000606. The van der Waals surface area contributed by atoms with E-state index in [0.717, 1.165) is 43.4 Å². The lowest BCUT2D eigenvalue weighted by molar-refractivity contribution is -0.128. The van der Waals surface area contributed by atoms with E-state index < -0.39 is 6.04 Å². The van der Waals surface area contributed by atoms with Gasteiger partial charge in [0.25, 0.3) is 0 Å². The van der Waals surface area contributed by atoms with Crippen LogP contribution in [0, 0.1) is 12.7 Å². The van der Waals surface area contributed by atoms with Gasteiger partial charge in [-0.25, -0.2) is 4.39 Å². The van der Waals surface area contributed by atoms with E-state index in [-0.39, 0.29) is 24.2 Å². The number of fused-ring (bicyclic) bond motifs is 1. The van der Waals surface area contributed by atoms with Crippen molar-refractivity contribution in [3.8, 4) is 0 Å². The fourth-order valence-electron chi connectivity index (χ4n) is 4.11. The summed E-state index contributed by atoms with van der Waals surface area (Å²) < 4.78 is 12.2. The summed E-state index contributed by atoms with van der Waals surface area (Å²) in [5, 5.41) is 12.3. The Labute approximate surface area is 241 Å². The van der Waals surface area contributed by atoms with E-state index >= 15 is 0 Å². The number of hydrogen-bond acceptors (Lipinski definition) is 4. The lowest BCUT2D eigenvalue weighted by Crippen LogP contribution is -2.49. The second-order valence-corrected chi connectivity index (χ2v) is 10.4. The van der Waals surface area contributed by atoms with Crippen LogP contribution in [0.2, 0.25) is 0 Å². The Morgan fingerprint density at radius 3 is 2.23 bits per heavy atom. The number of amides is 2. The van der Waals surface area contributed by atoms with E-state index in [4.69, 9.17) is 0 Å². The zero-order valence-electron chi connectivity index (χ0n) is 25.2. The lowest BCUT2D eigenvalue weighted by Gasteiger charge is -2.20. The predicted octanol–water partition coefficient (Wildman–Crippen LogP) is 5.60. The Morgan fingerprint density at radius 2 is 1.62 bits per heavy atom. The molecular weight excluding hydrogens is 503 g/mol. The minimum atomic E-state index is -0.494. The van der Waals surface area contributed by atoms with Crippen molar-refractivity contribution in [2.75, 3.05) is 19.6 Å². The molecule has 1 aliphatic rings. The van der Waals surface area contributed by atoms with Gasteiger partial charge in [-0.3, -0.25) is 9.59 Å². The molecule has 0 saturated heterocycles. The molecule has 0 radical (unpaired) electrons. The Kier molecular flexibility index (Phi) is 18.0. The molecule has 2 amide bonds. The van der Waals surface area contributed by atoms with Crippen molar-refractivity contribution in [1.82, 2.24) is 21.3 Å². The molecule has 0 spiro atoms. The number of hydrogen-bond donors (Lipinski definition) is 4. The summed E-state index contributed by atoms with van der Waals surface area (Å²) in [6, 6.07) is 14.9. The van der Waals surface area contributed by atoms with Crippen LogP contribution in [-0.4, -0.2) is 43.5 Å². The standard InChI is InChI=1S/C23H36N4O2.C7H7F.C3H8/c1-4-8-21-23(29)24-14-7-11-19-9-5-6-10-20(19)13-12-17(2)25-15-18(3)26-16-22(28)27-21;1-6-3-2-4-7(8)5-6;1-3-2/h5-6,9-10,17,21,25-26H,3-4,7-8,11-16H2,1-2H3,(H,24,29)(H,27,28);2-5H,1H3;3H2,1-2H3/t17-,21?;;/m0../s1. The molecule has 2 aromatic carbocycles. The van der Waals surface area contributed by atoms with Gasteiger partial charge in [0.2, 0.25) is 11.8 Å². The topological polar surface area (TPSA) is 82.3 Å². The molecular formula is C33H51FN4O2. The van der Waals surface area contributed by atoms with Crippen LogP contribution < -0.4 is 21.3 Å². The van der Waals surface area contributed by atoms with E-state index in [1.165, 1.54) is 29.7 Å². The van der Waals surface area contributed by atoms with Gasteiger partial charge >= 0.3 is 0 Å². The quantitative estimate of drug-likeness (QED) is 0.390. The summed E-state index contributed by atoms with van der Waals surface area (Å²) in [7, 11) is 0. The predicted molar refractivity (Wildman–Crippen MR) is 165 cm³/mol. The van der Waals surface area contributed by atoms with Gasteiger partial charge in [-0.05, 0) is 74.8 Å². The Hall–Kier alpha value is -3.19. The van der Waals surface area contributed by atoms with Crippen LogP contribution in [0.1, 0.15) is 76.5 Å². The highest BCUT2D eigenvalue weighted by molar-refractivity contribution is 5.88. The van der Waals surface area contributed by atoms with Gasteiger partial charge in [-0.2, -0.15) is 0 Å². The van der Waals surface area contributed by atoms with Gasteiger partial charge in [-0.1, -0.05) is 76.6 Å². The number of benzene rings is 2. The molecule has 3 rings (SSSR count). The fourth-order valence-corrected chi connectivity index (χ4v) is 4.11. The molecule has 6 nitrogen and oxygen atoms in total. The highest BCUT2D eigenvalue weighted by atomic mass is 19.1. The van der Waals surface area contributed by atoms with Gasteiger partial charge in [0.05, 0.1) is 6.54 Å². The van der Waals surface area contributed by atoms with Gasteiger partial charge in [0.15, 0.2) is 0 Å². The van der Waals surface area contributed by atoms with E-state index in [0.29, 0.717) is 25.6 Å². The number of rotatable bonds is 2. The molecule has 2 aromatic rings. The van der Waals surface area contributed by atoms with Gasteiger partial charge in [-0.15, -0.1) is 0 Å². The average molecular weight is 555 g/mol. The zero-order chi connectivity index (χ0) is 29.8. The first-order valence-corrected chi connectivity index (χ1v) is 14.7. The van der Waals surface area contributed by atoms with Gasteiger partial charge < -0.3 is 21.3 Å². The van der Waals surface area contributed by atoms with Gasteiger partial charge in [0.1, 0.15) is 11.9 Å². The molecule has 4 N–H and O–H groups in total. The summed E-state index contributed by atoms with van der Waals surface area (Å²) in [6.45, 7) is 15.6. The van der Waals surface area contributed by atoms with Crippen LogP contribution in [0.15, 0.2) is 60.8 Å². The first-order valence-electron chi connectivity index (χ1n) is 14.7. The summed E-state index contributed by atoms with van der Waals surface area (Å²) in [5.41, 5.74) is 4.45. The summed E-state index contributed by atoms with van der Waals surface area (Å²) >= 11 is 0. The smallest absolute Gasteiger partial charge is 0.242 e. The van der Waals surface area contributed by atoms with Crippen molar-refractivity contribution in [2.24, 2.45) is 0 Å². The largest absolute Gasteiger partial charge is 0.379 e. The maximum atomic E-state index is 12.5. The second kappa shape index (κ2) is 20.7.